The van der Waals surface area contributed by atoms with Gasteiger partial charge in [-0.3, -0.25) is 4.79 Å². The van der Waals surface area contributed by atoms with Gasteiger partial charge >= 0.3 is 5.97 Å². The maximum atomic E-state index is 13.9. The molecule has 1 unspecified atom stereocenters. The van der Waals surface area contributed by atoms with Crippen LogP contribution in [0.25, 0.3) is 0 Å². The van der Waals surface area contributed by atoms with Gasteiger partial charge < -0.3 is 29.3 Å². The highest BCUT2D eigenvalue weighted by molar-refractivity contribution is 6.06. The van der Waals surface area contributed by atoms with Crippen molar-refractivity contribution in [2.45, 2.75) is 115 Å². The first-order valence-corrected chi connectivity index (χ1v) is 14.9. The number of hydrogen-bond donors (Lipinski definition) is 2. The number of allylic oxidation sites excluding steroid dienone is 4. The van der Waals surface area contributed by atoms with Crippen molar-refractivity contribution in [1.29, 1.82) is 0 Å². The summed E-state index contributed by atoms with van der Waals surface area (Å²) in [6.45, 7) is 10.5. The number of hydrogen-bond acceptors (Lipinski definition) is 8. The summed E-state index contributed by atoms with van der Waals surface area (Å²) in [5, 5.41) is 25.3. The third kappa shape index (κ3) is 5.48. The van der Waals surface area contributed by atoms with E-state index in [0.29, 0.717) is 29.9 Å². The van der Waals surface area contributed by atoms with Crippen LogP contribution in [0.3, 0.4) is 0 Å². The van der Waals surface area contributed by atoms with Crippen LogP contribution in [0.2, 0.25) is 0 Å². The minimum absolute atomic E-state index is 0.0940. The van der Waals surface area contributed by atoms with Crippen LogP contribution < -0.4 is 0 Å². The van der Waals surface area contributed by atoms with Gasteiger partial charge in [0.25, 0.3) is 0 Å². The largest absolute Gasteiger partial charge is 0.462 e. The molecule has 8 nitrogen and oxygen atoms in total. The SMILES string of the molecule is CC[C@H]1O[C@]2(CCC1C)C[C@@H]1C[C@@H](C/C=C(\C)C[C@@H](C)/C=C/C=C3\CO[C@@H]4/C(=N/O)C(C)=C[C@@H](C(=O)O1)[C@]34O)O2. The molecule has 220 valence electrons. The van der Waals surface area contributed by atoms with Gasteiger partial charge in [0.2, 0.25) is 0 Å². The Morgan fingerprint density at radius 1 is 1.18 bits per heavy atom. The minimum Gasteiger partial charge on any atom is -0.462 e. The molecule has 0 aromatic carbocycles. The lowest BCUT2D eigenvalue weighted by Crippen LogP contribution is -2.57. The van der Waals surface area contributed by atoms with E-state index in [1.807, 2.05) is 12.2 Å². The highest BCUT2D eigenvalue weighted by Crippen LogP contribution is 2.46. The van der Waals surface area contributed by atoms with Gasteiger partial charge in [-0.25, -0.2) is 0 Å². The summed E-state index contributed by atoms with van der Waals surface area (Å²) in [6, 6.07) is 0. The average molecular weight is 556 g/mol. The van der Waals surface area contributed by atoms with Gasteiger partial charge in [0.05, 0.1) is 18.8 Å². The van der Waals surface area contributed by atoms with Gasteiger partial charge in [-0.15, -0.1) is 0 Å². The maximum absolute atomic E-state index is 13.9. The van der Waals surface area contributed by atoms with E-state index < -0.39 is 35.5 Å². The van der Waals surface area contributed by atoms with Crippen molar-refractivity contribution in [2.24, 2.45) is 22.9 Å². The van der Waals surface area contributed by atoms with Crippen LogP contribution in [-0.4, -0.2) is 64.4 Å². The van der Waals surface area contributed by atoms with Crippen LogP contribution in [0.5, 0.6) is 0 Å². The summed E-state index contributed by atoms with van der Waals surface area (Å²) in [5.41, 5.74) is 0.922. The topological polar surface area (TPSA) is 107 Å². The molecule has 0 aromatic rings. The molecule has 0 saturated carbocycles. The fraction of sp³-hybridized carbons (Fsp3) is 0.688. The third-order valence-corrected chi connectivity index (χ3v) is 9.45. The smallest absolute Gasteiger partial charge is 0.316 e. The van der Waals surface area contributed by atoms with E-state index in [9.17, 15) is 15.1 Å². The maximum Gasteiger partial charge on any atom is 0.316 e. The second-order valence-corrected chi connectivity index (χ2v) is 12.6. The van der Waals surface area contributed by atoms with Crippen molar-refractivity contribution < 1.29 is 34.1 Å². The van der Waals surface area contributed by atoms with Gasteiger partial charge in [-0.05, 0) is 62.5 Å². The second kappa shape index (κ2) is 11.6. The Labute approximate surface area is 237 Å². The Balaban J connectivity index is 1.53. The molecule has 0 radical (unpaired) electrons. The summed E-state index contributed by atoms with van der Waals surface area (Å²) >= 11 is 0. The Hall–Kier alpha value is -2.26. The van der Waals surface area contributed by atoms with Gasteiger partial charge in [0.1, 0.15) is 29.4 Å². The summed E-state index contributed by atoms with van der Waals surface area (Å²) in [6.07, 6.45) is 13.6. The van der Waals surface area contributed by atoms with Crippen molar-refractivity contribution in [2.75, 3.05) is 6.61 Å². The lowest BCUT2D eigenvalue weighted by molar-refractivity contribution is -0.335. The molecule has 5 rings (SSSR count). The molecule has 1 aliphatic carbocycles. The molecule has 9 atom stereocenters. The van der Waals surface area contributed by atoms with Crippen LogP contribution >= 0.6 is 0 Å². The van der Waals surface area contributed by atoms with Crippen molar-refractivity contribution in [1.82, 2.24) is 0 Å². The molecular formula is C32H45NO7. The first-order chi connectivity index (χ1) is 19.1. The predicted octanol–water partition coefficient (Wildman–Crippen LogP) is 5.39. The standard InChI is InChI=1S/C32H45NO7/c1-6-27-21(4)12-13-31(40-27)17-25-16-24(39-31)11-10-20(3)14-19(2)8-7-9-23-18-37-29-28(33-36)22(5)15-26(30(34)38-25)32(23,29)35/h7-10,15,19,21,24-27,29,35-36H,6,11-14,16-18H2,1-5H3/b8-7+,20-10+,23-9+,33-28+/t19-,21?,24+,25-,26-,27+,29+,31+,32+/m0/s1. The van der Waals surface area contributed by atoms with E-state index in [0.717, 1.165) is 32.1 Å². The molecule has 3 fully saturated rings. The van der Waals surface area contributed by atoms with Gasteiger partial charge in [0, 0.05) is 19.3 Å². The molecule has 1 spiro atoms. The fourth-order valence-corrected chi connectivity index (χ4v) is 7.22. The summed E-state index contributed by atoms with van der Waals surface area (Å²) in [7, 11) is 0. The number of ether oxygens (including phenoxy) is 4. The highest BCUT2D eigenvalue weighted by atomic mass is 16.7. The molecule has 2 bridgehead atoms. The average Bonchev–Trinajstić information content (AvgIpc) is 3.24. The third-order valence-electron chi connectivity index (χ3n) is 9.45. The molecule has 4 heterocycles. The van der Waals surface area contributed by atoms with Crippen molar-refractivity contribution in [3.8, 4) is 0 Å². The summed E-state index contributed by atoms with van der Waals surface area (Å²) in [5.74, 6) is -1.60. The van der Waals surface area contributed by atoms with Gasteiger partial charge in [-0.2, -0.15) is 0 Å². The molecule has 8 heteroatoms. The van der Waals surface area contributed by atoms with E-state index in [4.69, 9.17) is 18.9 Å². The Morgan fingerprint density at radius 2 is 1.98 bits per heavy atom. The highest BCUT2D eigenvalue weighted by Gasteiger charge is 2.59. The van der Waals surface area contributed by atoms with E-state index in [1.54, 1.807) is 13.0 Å². The lowest BCUT2D eigenvalue weighted by Gasteiger charge is -2.49. The monoisotopic (exact) mass is 555 g/mol. The van der Waals surface area contributed by atoms with Crippen LogP contribution in [0.4, 0.5) is 0 Å². The van der Waals surface area contributed by atoms with Gasteiger partial charge in [-0.1, -0.05) is 61.9 Å². The number of carbonyl (C=O) groups excluding carboxylic acids is 1. The molecule has 2 N–H and O–H groups in total. The van der Waals surface area contributed by atoms with Crippen LogP contribution in [0.1, 0.15) is 79.6 Å². The van der Waals surface area contributed by atoms with Gasteiger partial charge in [0.15, 0.2) is 5.79 Å². The Kier molecular flexibility index (Phi) is 8.44. The van der Waals surface area contributed by atoms with Crippen LogP contribution in [0.15, 0.2) is 52.3 Å². The summed E-state index contributed by atoms with van der Waals surface area (Å²) < 4.78 is 25.5. The van der Waals surface area contributed by atoms with E-state index in [-0.39, 0.29) is 30.4 Å². The zero-order chi connectivity index (χ0) is 28.7. The number of fused-ring (bicyclic) bond motifs is 2. The number of nitrogens with zero attached hydrogens (tertiary/aromatic N) is 1. The molecule has 40 heavy (non-hydrogen) atoms. The number of rotatable bonds is 1. The first kappa shape index (κ1) is 29.2. The zero-order valence-electron chi connectivity index (χ0n) is 24.5. The van der Waals surface area contributed by atoms with E-state index in [1.165, 1.54) is 5.57 Å². The molecule has 0 aromatic heterocycles. The second-order valence-electron chi connectivity index (χ2n) is 12.6. The number of aliphatic hydroxyl groups is 1. The van der Waals surface area contributed by atoms with Crippen LogP contribution in [0, 0.1) is 17.8 Å². The van der Waals surface area contributed by atoms with Crippen molar-refractivity contribution in [3.63, 3.8) is 0 Å². The Morgan fingerprint density at radius 3 is 2.73 bits per heavy atom. The fourth-order valence-electron chi connectivity index (χ4n) is 7.22. The number of oxime groups is 1. The molecule has 0 amide bonds. The normalized spacial score (nSPS) is 47.0. The predicted molar refractivity (Wildman–Crippen MR) is 151 cm³/mol. The Bertz CT molecular complexity index is 1140. The molecule has 3 saturated heterocycles. The van der Waals surface area contributed by atoms with E-state index in [2.05, 4.69) is 45.0 Å². The summed E-state index contributed by atoms with van der Waals surface area (Å²) in [4.78, 5) is 13.9. The van der Waals surface area contributed by atoms with Crippen molar-refractivity contribution >= 4 is 11.7 Å². The van der Waals surface area contributed by atoms with E-state index >= 15 is 0 Å². The quantitative estimate of drug-likeness (QED) is 0.193. The zero-order valence-corrected chi connectivity index (χ0v) is 24.5. The number of esters is 1. The first-order valence-electron chi connectivity index (χ1n) is 14.9. The number of carbonyl (C=O) groups is 1. The minimum atomic E-state index is -1.72. The molecule has 5 aliphatic rings. The lowest BCUT2D eigenvalue weighted by atomic mass is 9.71. The molecular weight excluding hydrogens is 510 g/mol. The molecule has 4 aliphatic heterocycles. The van der Waals surface area contributed by atoms with Crippen LogP contribution in [-0.2, 0) is 23.7 Å². The van der Waals surface area contributed by atoms with Crippen molar-refractivity contribution in [3.05, 3.63) is 47.1 Å².